The number of hydrogen-bond donors (Lipinski definition) is 2. The van der Waals surface area contributed by atoms with Crippen molar-refractivity contribution >= 4 is 17.6 Å². The Balaban J connectivity index is 0.00000196. The van der Waals surface area contributed by atoms with Crippen molar-refractivity contribution in [3.63, 3.8) is 0 Å². The topological polar surface area (TPSA) is 94.1 Å². The van der Waals surface area contributed by atoms with Crippen molar-refractivity contribution in [1.82, 2.24) is 10.2 Å². The molecule has 0 aromatic heterocycles. The number of amides is 2. The van der Waals surface area contributed by atoms with E-state index in [2.05, 4.69) is 30.1 Å². The third kappa shape index (κ3) is 5.31. The Morgan fingerprint density at radius 1 is 1.32 bits per heavy atom. The number of ketones is 1. The molecule has 5 atom stereocenters. The first-order valence-electron chi connectivity index (χ1n) is 9.81. The molecule has 1 saturated carbocycles. The summed E-state index contributed by atoms with van der Waals surface area (Å²) in [5, 5.41) is 2.98. The van der Waals surface area contributed by atoms with Gasteiger partial charge in [-0.2, -0.15) is 0 Å². The monoisotopic (exact) mass is 465 g/mol. The molecule has 1 aliphatic carbocycles. The third-order valence-corrected chi connectivity index (χ3v) is 6.10. The Labute approximate surface area is 194 Å². The molecular formula is C21H34N3O3Y-. The van der Waals surface area contributed by atoms with E-state index in [4.69, 9.17) is 0 Å². The molecular weight excluding hydrogens is 431 g/mol. The number of nitrogens with one attached hydrogen (secondary N) is 1. The molecule has 1 saturated heterocycles. The zero-order valence-corrected chi connectivity index (χ0v) is 20.1. The molecule has 0 aromatic carbocycles. The van der Waals surface area contributed by atoms with Gasteiger partial charge in [0.1, 0.15) is 11.6 Å². The van der Waals surface area contributed by atoms with Crippen molar-refractivity contribution < 1.29 is 52.8 Å². The Bertz CT molecular complexity index is 624. The van der Waals surface area contributed by atoms with Crippen LogP contribution < -0.4 is 11.1 Å². The van der Waals surface area contributed by atoms with Gasteiger partial charge in [0.2, 0.25) is 5.91 Å². The summed E-state index contributed by atoms with van der Waals surface area (Å²) in [6, 6.07) is -0.868. The number of quaternary nitrogens is 1. The van der Waals surface area contributed by atoms with E-state index in [1.165, 1.54) is 6.92 Å². The van der Waals surface area contributed by atoms with E-state index in [0.717, 1.165) is 32.1 Å². The normalized spacial score (nSPS) is 37.0. The Morgan fingerprint density at radius 3 is 2.71 bits per heavy atom. The standard InChI is InChI=1S/C20H30N3O3.CH3.Y/c1-13-10-17-18(25)22-20(14(2)24)11-15(20)8-6-4-3-5-7-9-16(21)19(26)23(17)12-13;;/h6,8,13,15-17H,1,3-5,7,9-12,21H2,2H3,(H,22,25);1H3;/q2*-1;/p+1/b8-6-;;/t13-,15-,16+,17+,20+;;/m1../s1. The van der Waals surface area contributed by atoms with Crippen LogP contribution in [0.4, 0.5) is 0 Å². The van der Waals surface area contributed by atoms with Crippen LogP contribution in [-0.2, 0) is 47.1 Å². The second-order valence-corrected chi connectivity index (χ2v) is 8.20. The smallest absolute Gasteiger partial charge is 0.281 e. The maximum Gasteiger partial charge on any atom is 0.281 e. The minimum Gasteiger partial charge on any atom is -0.358 e. The Hall–Kier alpha value is -0.586. The van der Waals surface area contributed by atoms with Crippen LogP contribution in [0.2, 0.25) is 0 Å². The molecule has 7 heteroatoms. The van der Waals surface area contributed by atoms with Gasteiger partial charge in [-0.25, -0.2) is 0 Å². The Morgan fingerprint density at radius 2 is 2.04 bits per heavy atom. The molecule has 2 heterocycles. The fraction of sp³-hybridized carbons (Fsp3) is 0.667. The molecule has 0 aromatic rings. The number of rotatable bonds is 1. The molecule has 4 N–H and O–H groups in total. The minimum atomic E-state index is -0.786. The van der Waals surface area contributed by atoms with Crippen LogP contribution in [0.15, 0.2) is 12.2 Å². The predicted octanol–water partition coefficient (Wildman–Crippen LogP) is 1.08. The van der Waals surface area contributed by atoms with Crippen molar-refractivity contribution in [3.05, 3.63) is 26.5 Å². The summed E-state index contributed by atoms with van der Waals surface area (Å²) in [5.74, 6) is -0.201. The second kappa shape index (κ2) is 10.4. The molecule has 2 fully saturated rings. The van der Waals surface area contributed by atoms with Gasteiger partial charge in [0, 0.05) is 45.0 Å². The van der Waals surface area contributed by atoms with E-state index in [0.29, 0.717) is 19.4 Å². The van der Waals surface area contributed by atoms with Gasteiger partial charge in [-0.15, -0.1) is 5.92 Å². The van der Waals surface area contributed by atoms with Crippen molar-refractivity contribution in [3.8, 4) is 0 Å². The van der Waals surface area contributed by atoms with Crippen LogP contribution >= 0.6 is 0 Å². The SMILES string of the molecule is [CH2-][C@@H]1C[C@H]2C(=O)N[C@]3(C(C)=O)C[C@H]3/C=C\CCCCC[C@H]([NH3+])C(=O)N2C1.[CH3-].[Y]. The summed E-state index contributed by atoms with van der Waals surface area (Å²) >= 11 is 0. The average Bonchev–Trinajstić information content (AvgIpc) is 3.14. The van der Waals surface area contributed by atoms with Gasteiger partial charge in [0.05, 0.1) is 0 Å². The number of carbonyl (C=O) groups excluding carboxylic acids is 3. The molecule has 3 aliphatic rings. The van der Waals surface area contributed by atoms with Gasteiger partial charge < -0.3 is 30.3 Å². The molecule has 3 rings (SSSR count). The van der Waals surface area contributed by atoms with Gasteiger partial charge in [0.15, 0.2) is 11.8 Å². The van der Waals surface area contributed by atoms with E-state index in [1.807, 2.05) is 0 Å². The number of nitrogens with zero attached hydrogens (tertiary/aromatic N) is 1. The van der Waals surface area contributed by atoms with E-state index >= 15 is 0 Å². The van der Waals surface area contributed by atoms with E-state index in [1.54, 1.807) is 4.90 Å². The molecule has 28 heavy (non-hydrogen) atoms. The Kier molecular flexibility index (Phi) is 9.49. The molecule has 155 valence electrons. The van der Waals surface area contributed by atoms with Gasteiger partial charge in [0.25, 0.3) is 5.91 Å². The van der Waals surface area contributed by atoms with Crippen LogP contribution in [0.5, 0.6) is 0 Å². The second-order valence-electron chi connectivity index (χ2n) is 8.20. The fourth-order valence-electron chi connectivity index (χ4n) is 4.32. The van der Waals surface area contributed by atoms with Gasteiger partial charge in [-0.3, -0.25) is 14.4 Å². The summed E-state index contributed by atoms with van der Waals surface area (Å²) in [5.41, 5.74) is 3.25. The summed E-state index contributed by atoms with van der Waals surface area (Å²) in [6.45, 7) is 6.08. The molecule has 2 amide bonds. The number of carbonyl (C=O) groups is 3. The quantitative estimate of drug-likeness (QED) is 0.448. The van der Waals surface area contributed by atoms with Crippen molar-refractivity contribution in [2.75, 3.05) is 6.54 Å². The van der Waals surface area contributed by atoms with E-state index in [9.17, 15) is 14.4 Å². The maximum absolute atomic E-state index is 12.9. The van der Waals surface area contributed by atoms with E-state index in [-0.39, 0.29) is 75.6 Å². The van der Waals surface area contributed by atoms with Crippen molar-refractivity contribution in [2.24, 2.45) is 11.8 Å². The maximum atomic E-state index is 12.9. The van der Waals surface area contributed by atoms with Crippen LogP contribution in [-0.4, -0.2) is 46.7 Å². The van der Waals surface area contributed by atoms with Gasteiger partial charge >= 0.3 is 0 Å². The summed E-state index contributed by atoms with van der Waals surface area (Å²) < 4.78 is 0. The van der Waals surface area contributed by atoms with Gasteiger partial charge in [-0.05, 0) is 45.6 Å². The molecule has 6 nitrogen and oxygen atoms in total. The first-order valence-corrected chi connectivity index (χ1v) is 9.81. The van der Waals surface area contributed by atoms with Gasteiger partial charge in [-0.1, -0.05) is 18.6 Å². The summed E-state index contributed by atoms with van der Waals surface area (Å²) in [4.78, 5) is 39.7. The van der Waals surface area contributed by atoms with Crippen LogP contribution in [0.3, 0.4) is 0 Å². The molecule has 1 radical (unpaired) electrons. The van der Waals surface area contributed by atoms with Crippen LogP contribution in [0.25, 0.3) is 0 Å². The molecule has 0 bridgehead atoms. The minimum absolute atomic E-state index is 0. The van der Waals surface area contributed by atoms with Crippen molar-refractivity contribution in [1.29, 1.82) is 0 Å². The molecule has 2 aliphatic heterocycles. The average molecular weight is 465 g/mol. The van der Waals surface area contributed by atoms with Crippen LogP contribution in [0.1, 0.15) is 51.9 Å². The largest absolute Gasteiger partial charge is 0.358 e. The zero-order valence-electron chi connectivity index (χ0n) is 17.3. The summed E-state index contributed by atoms with van der Waals surface area (Å²) in [7, 11) is 0. The zero-order chi connectivity index (χ0) is 18.9. The number of fused-ring (bicyclic) bond motifs is 2. The fourth-order valence-corrected chi connectivity index (χ4v) is 4.32. The number of allylic oxidation sites excluding steroid dienone is 1. The third-order valence-electron chi connectivity index (χ3n) is 6.10. The number of hydrogen-bond acceptors (Lipinski definition) is 3. The first-order chi connectivity index (χ1) is 12.3. The van der Waals surface area contributed by atoms with E-state index < -0.39 is 11.6 Å². The number of Topliss-reactive ketones (excluding diaryl/α,β-unsaturated/α-hetero) is 1. The van der Waals surface area contributed by atoms with Crippen molar-refractivity contribution in [2.45, 2.75) is 69.5 Å². The summed E-state index contributed by atoms with van der Waals surface area (Å²) in [6.07, 6.45) is 10.2. The molecule has 0 unspecified atom stereocenters. The van der Waals surface area contributed by atoms with Crippen LogP contribution in [0, 0.1) is 26.2 Å². The molecule has 0 spiro atoms. The first kappa shape index (κ1) is 25.5. The predicted molar refractivity (Wildman–Crippen MR) is 104 cm³/mol.